The molecule has 27 heteroatoms. The minimum absolute atomic E-state index is 0.00665. The second kappa shape index (κ2) is 53.4. The van der Waals surface area contributed by atoms with Crippen molar-refractivity contribution in [2.75, 3.05) is 91.8 Å². The van der Waals surface area contributed by atoms with Gasteiger partial charge in [0.15, 0.2) is 17.3 Å². The zero-order chi connectivity index (χ0) is 69.1. The maximum Gasteiger partial charge on any atom is 0.326 e. The van der Waals surface area contributed by atoms with Gasteiger partial charge in [-0.1, -0.05) is 109 Å². The van der Waals surface area contributed by atoms with Gasteiger partial charge in [-0.25, -0.2) is 4.79 Å². The minimum atomic E-state index is -3.86. The number of nitrogens with one attached hydrogen (secondary N) is 5. The van der Waals surface area contributed by atoms with Crippen LogP contribution in [0.3, 0.4) is 0 Å². The first-order valence-electron chi connectivity index (χ1n) is 33.6. The van der Waals surface area contributed by atoms with E-state index in [0.717, 1.165) is 82.6 Å². The molecule has 93 heavy (non-hydrogen) atoms. The largest absolute Gasteiger partial charge is 0.508 e. The van der Waals surface area contributed by atoms with Gasteiger partial charge in [0.05, 0.1) is 69.8 Å². The molecular formula is C66H114N8O18S. The Morgan fingerprint density at radius 1 is 0.591 bits per heavy atom. The van der Waals surface area contributed by atoms with E-state index in [1.54, 1.807) is 24.1 Å². The standard InChI is InChI=1S/C66H114N8O18S/c1-4-50(2)43-55(77)46-72-56(60(79)47-74(3)58(25-17-18-26-61(67)68)59(78)45-52(65(69)83)44-51-28-30-53(75)31-29-51)24-19-20-34-70-64(82)49-92-41-38-89-36-22-23-54(76)48-91-40-39-90-37-35-71-62(80)33-32-57(66(84)85)73-63(81)27-16-14-12-10-8-6-5-7-9-11-13-15-21-42-93(86,87)88/h28-31,50,52,56-58,72,75H,4-27,32-49H2,1-3H3,(H3,67,68)(H2,69,83)(H,70,82)(H,71,80)(H,73,81)(H,84,85)(H,86,87,88)/t50?,52-,56+,57+,58+/m1/s1. The number of phenols is 1. The highest BCUT2D eigenvalue weighted by Crippen LogP contribution is 2.21. The number of amides is 4. The predicted molar refractivity (Wildman–Crippen MR) is 354 cm³/mol. The molecule has 5 atom stereocenters. The van der Waals surface area contributed by atoms with E-state index in [2.05, 4.69) is 21.3 Å². The van der Waals surface area contributed by atoms with Gasteiger partial charge in [0.1, 0.15) is 30.8 Å². The number of carboxylic acids is 1. The Bertz CT molecular complexity index is 2440. The number of carbonyl (C=O) groups excluding carboxylic acids is 8. The van der Waals surface area contributed by atoms with Crippen LogP contribution >= 0.6 is 0 Å². The SMILES string of the molecule is CCC(C)CC(=O)CN[C@@H](CCCCNC(=O)COCCOCCCC(=O)COCCOCCNC(=O)CC[C@H](NC(=O)CCCCCCCCCCCCCCCS(=O)(=O)O)C(=O)O)C(=O)CN(C)[C@@H](CCCCC(=N)N)C(=O)C[C@@H](Cc1ccc(O)cc1)C(N)=O. The smallest absolute Gasteiger partial charge is 0.326 e. The molecule has 0 saturated heterocycles. The van der Waals surface area contributed by atoms with Crippen molar-refractivity contribution in [1.82, 2.24) is 26.2 Å². The van der Waals surface area contributed by atoms with Crippen LogP contribution in [0.5, 0.6) is 5.75 Å². The second-order valence-corrected chi connectivity index (χ2v) is 25.9. The lowest BCUT2D eigenvalue weighted by atomic mass is 9.89. The predicted octanol–water partition coefficient (Wildman–Crippen LogP) is 5.84. The molecule has 0 aromatic heterocycles. The minimum Gasteiger partial charge on any atom is -0.508 e. The summed E-state index contributed by atoms with van der Waals surface area (Å²) in [6.45, 7) is 5.22. The van der Waals surface area contributed by atoms with Crippen LogP contribution in [0.2, 0.25) is 0 Å². The molecule has 0 aliphatic heterocycles. The quantitative estimate of drug-likeness (QED) is 0.0158. The van der Waals surface area contributed by atoms with Crippen molar-refractivity contribution in [3.8, 4) is 5.75 Å². The average molecular weight is 1340 g/mol. The summed E-state index contributed by atoms with van der Waals surface area (Å²) in [6.07, 6.45) is 17.7. The lowest BCUT2D eigenvalue weighted by Crippen LogP contribution is -2.48. The first-order chi connectivity index (χ1) is 44.4. The van der Waals surface area contributed by atoms with E-state index in [1.807, 2.05) is 13.8 Å². The first kappa shape index (κ1) is 85.2. The van der Waals surface area contributed by atoms with Crippen LogP contribution in [-0.2, 0) is 78.6 Å². The summed E-state index contributed by atoms with van der Waals surface area (Å²) in [5.41, 5.74) is 12.1. The normalized spacial score (nSPS) is 13.2. The second-order valence-electron chi connectivity index (χ2n) is 24.3. The lowest BCUT2D eigenvalue weighted by molar-refractivity contribution is -0.142. The number of nitrogens with zero attached hydrogens (tertiary/aromatic N) is 1. The van der Waals surface area contributed by atoms with Crippen LogP contribution in [-0.4, -0.2) is 197 Å². The number of unbranched alkanes of at least 4 members (excludes halogenated alkanes) is 14. The monoisotopic (exact) mass is 1340 g/mol. The molecule has 4 amide bonds. The molecule has 0 bridgehead atoms. The number of ether oxygens (including phenoxy) is 4. The maximum absolute atomic E-state index is 14.0. The number of carboxylic acid groups (broad SMARTS) is 1. The van der Waals surface area contributed by atoms with E-state index >= 15 is 0 Å². The van der Waals surface area contributed by atoms with Crippen molar-refractivity contribution in [3.05, 3.63) is 29.8 Å². The zero-order valence-electron chi connectivity index (χ0n) is 55.9. The van der Waals surface area contributed by atoms with E-state index in [1.165, 1.54) is 12.1 Å². The molecule has 0 spiro atoms. The van der Waals surface area contributed by atoms with Crippen molar-refractivity contribution in [2.24, 2.45) is 23.3 Å². The number of amidine groups is 1. The molecule has 0 fully saturated rings. The zero-order valence-corrected chi connectivity index (χ0v) is 56.7. The number of benzene rings is 1. The van der Waals surface area contributed by atoms with Crippen LogP contribution in [0.15, 0.2) is 24.3 Å². The van der Waals surface area contributed by atoms with Crippen molar-refractivity contribution in [2.45, 2.75) is 218 Å². The van der Waals surface area contributed by atoms with Gasteiger partial charge in [0, 0.05) is 64.1 Å². The Hall–Kier alpha value is -5.81. The number of hydrogen-bond acceptors (Lipinski definition) is 19. The number of hydrogen-bond donors (Lipinski definition) is 10. The number of Topliss-reactive ketones (excluding diaryl/α,β-unsaturated/α-hetero) is 4. The Morgan fingerprint density at radius 2 is 1.16 bits per heavy atom. The molecule has 0 aliphatic carbocycles. The van der Waals surface area contributed by atoms with Crippen molar-refractivity contribution in [3.63, 3.8) is 0 Å². The summed E-state index contributed by atoms with van der Waals surface area (Å²) >= 11 is 0. The number of primary amides is 1. The Labute approximate surface area is 552 Å². The highest BCUT2D eigenvalue weighted by molar-refractivity contribution is 7.85. The van der Waals surface area contributed by atoms with Gasteiger partial charge in [-0.3, -0.25) is 53.2 Å². The van der Waals surface area contributed by atoms with Gasteiger partial charge in [-0.05, 0) is 94.9 Å². The number of nitrogens with two attached hydrogens (primary N) is 2. The van der Waals surface area contributed by atoms with Gasteiger partial charge in [-0.15, -0.1) is 0 Å². The van der Waals surface area contributed by atoms with Crippen molar-refractivity contribution in [1.29, 1.82) is 5.41 Å². The topological polar surface area (TPSA) is 413 Å². The third kappa shape index (κ3) is 48.5. The van der Waals surface area contributed by atoms with E-state index < -0.39 is 46.0 Å². The van der Waals surface area contributed by atoms with Gasteiger partial charge < -0.3 is 61.9 Å². The van der Waals surface area contributed by atoms with Gasteiger partial charge in [-0.2, -0.15) is 8.42 Å². The first-order valence-corrected chi connectivity index (χ1v) is 35.3. The summed E-state index contributed by atoms with van der Waals surface area (Å²) < 4.78 is 52.1. The van der Waals surface area contributed by atoms with Crippen LogP contribution < -0.4 is 32.7 Å². The molecule has 0 heterocycles. The molecule has 12 N–H and O–H groups in total. The maximum atomic E-state index is 14.0. The highest BCUT2D eigenvalue weighted by atomic mass is 32.2. The molecule has 1 aromatic carbocycles. The van der Waals surface area contributed by atoms with Crippen molar-refractivity contribution < 1.29 is 85.3 Å². The fourth-order valence-corrected chi connectivity index (χ4v) is 10.8. The van der Waals surface area contributed by atoms with E-state index in [4.69, 9.17) is 40.4 Å². The number of phenolic OH excluding ortho intramolecular Hbond substituents is 1. The Kier molecular flexibility index (Phi) is 49.0. The average Bonchev–Trinajstić information content (AvgIpc) is 1.69. The van der Waals surface area contributed by atoms with Crippen LogP contribution in [0.25, 0.3) is 0 Å². The number of carbonyl (C=O) groups is 9. The Morgan fingerprint density at radius 3 is 1.76 bits per heavy atom. The summed E-state index contributed by atoms with van der Waals surface area (Å²) in [7, 11) is -2.19. The van der Waals surface area contributed by atoms with Crippen LogP contribution in [0, 0.1) is 17.2 Å². The number of aromatic hydroxyl groups is 1. The van der Waals surface area contributed by atoms with E-state index in [0.29, 0.717) is 83.8 Å². The van der Waals surface area contributed by atoms with Gasteiger partial charge in [0.25, 0.3) is 10.1 Å². The molecule has 532 valence electrons. The molecule has 1 aromatic rings. The van der Waals surface area contributed by atoms with Crippen LogP contribution in [0.1, 0.15) is 199 Å². The molecule has 1 unspecified atom stereocenters. The summed E-state index contributed by atoms with van der Waals surface area (Å²) in [5.74, 6) is -4.31. The third-order valence-electron chi connectivity index (χ3n) is 15.9. The van der Waals surface area contributed by atoms with Gasteiger partial charge in [0.2, 0.25) is 23.6 Å². The molecule has 1 rings (SSSR count). The number of rotatable bonds is 64. The number of likely N-dealkylation sites (N-methyl/N-ethyl adjacent to an activating group) is 1. The van der Waals surface area contributed by atoms with Crippen LogP contribution in [0.4, 0.5) is 0 Å². The molecule has 0 aliphatic rings. The fourth-order valence-electron chi connectivity index (χ4n) is 10.2. The lowest BCUT2D eigenvalue weighted by Gasteiger charge is -2.29. The summed E-state index contributed by atoms with van der Waals surface area (Å²) in [4.78, 5) is 116. The number of ketones is 4. The molecule has 0 saturated carbocycles. The molecular weight excluding hydrogens is 1220 g/mol. The third-order valence-corrected chi connectivity index (χ3v) is 16.7. The van der Waals surface area contributed by atoms with E-state index in [9.17, 15) is 61.8 Å². The molecule has 0 radical (unpaired) electrons. The highest BCUT2D eigenvalue weighted by Gasteiger charge is 2.31. The van der Waals surface area contributed by atoms with Gasteiger partial charge >= 0.3 is 5.97 Å². The fraction of sp³-hybridized carbons (Fsp3) is 0.758. The molecule has 26 nitrogen and oxygen atoms in total. The summed E-state index contributed by atoms with van der Waals surface area (Å²) in [5, 5.41) is 38.1. The van der Waals surface area contributed by atoms with Crippen molar-refractivity contribution >= 4 is 68.7 Å². The number of aliphatic carboxylic acids is 1. The summed E-state index contributed by atoms with van der Waals surface area (Å²) in [6, 6.07) is 3.64. The van der Waals surface area contributed by atoms with E-state index in [-0.39, 0.29) is 169 Å². The Balaban J connectivity index is 2.29.